The third kappa shape index (κ3) is 14.0. The Balaban J connectivity index is -0.000000208. The summed E-state index contributed by atoms with van der Waals surface area (Å²) in [6, 6.07) is 0. The van der Waals surface area contributed by atoms with E-state index in [-0.39, 0.29) is 0 Å². The van der Waals surface area contributed by atoms with Crippen LogP contribution >= 0.6 is 0 Å². The van der Waals surface area contributed by atoms with Crippen LogP contribution in [0.25, 0.3) is 0 Å². The highest BCUT2D eigenvalue weighted by Crippen LogP contribution is 2.32. The molecule has 0 heteroatoms. The van der Waals surface area contributed by atoms with Crippen molar-refractivity contribution in [1.82, 2.24) is 0 Å². The van der Waals surface area contributed by atoms with E-state index < -0.39 is 0 Å². The van der Waals surface area contributed by atoms with Gasteiger partial charge in [0.25, 0.3) is 0 Å². The summed E-state index contributed by atoms with van der Waals surface area (Å²) in [5, 5.41) is 0. The van der Waals surface area contributed by atoms with Crippen molar-refractivity contribution >= 4 is 0 Å². The molecule has 0 aromatic heterocycles. The second-order valence-corrected chi connectivity index (χ2v) is 3.55. The van der Waals surface area contributed by atoms with Crippen molar-refractivity contribution in [2.75, 3.05) is 0 Å². The lowest BCUT2D eigenvalue weighted by atomic mass is 9.79. The van der Waals surface area contributed by atoms with Crippen molar-refractivity contribution in [1.29, 1.82) is 0 Å². The largest absolute Gasteiger partial charge is 0.0683 e. The predicted octanol–water partition coefficient (Wildman–Crippen LogP) is 6.30. The standard InChI is InChI=1S/C9H18.3C2H6/c1-3-8(2)7-9-5-4-6-9;3*1-2/h8-9H,3-7H2,1-2H3;3*1-2H3. The van der Waals surface area contributed by atoms with Gasteiger partial charge in [-0.25, -0.2) is 0 Å². The van der Waals surface area contributed by atoms with E-state index in [1.807, 2.05) is 41.5 Å². The molecule has 1 atom stereocenters. The Morgan fingerprint density at radius 3 is 1.53 bits per heavy atom. The fourth-order valence-electron chi connectivity index (χ4n) is 1.46. The van der Waals surface area contributed by atoms with E-state index in [0.29, 0.717) is 0 Å². The second-order valence-electron chi connectivity index (χ2n) is 3.55. The third-order valence-corrected chi connectivity index (χ3v) is 2.66. The van der Waals surface area contributed by atoms with E-state index in [0.717, 1.165) is 11.8 Å². The first-order chi connectivity index (χ1) is 7.33. The van der Waals surface area contributed by atoms with Gasteiger partial charge >= 0.3 is 0 Å². The van der Waals surface area contributed by atoms with Crippen molar-refractivity contribution in [2.45, 2.75) is 87.5 Å². The van der Waals surface area contributed by atoms with E-state index in [2.05, 4.69) is 13.8 Å². The Labute approximate surface area is 99.9 Å². The quantitative estimate of drug-likeness (QED) is 0.519. The molecule has 96 valence electrons. The average Bonchev–Trinajstić information content (AvgIpc) is 2.31. The lowest BCUT2D eigenvalue weighted by Crippen LogP contribution is -2.13. The van der Waals surface area contributed by atoms with Crippen LogP contribution in [0.5, 0.6) is 0 Å². The number of hydrogen-bond donors (Lipinski definition) is 0. The van der Waals surface area contributed by atoms with Crippen LogP contribution in [0.4, 0.5) is 0 Å². The van der Waals surface area contributed by atoms with Gasteiger partial charge in [0.05, 0.1) is 0 Å². The van der Waals surface area contributed by atoms with E-state index in [4.69, 9.17) is 0 Å². The molecule has 1 fully saturated rings. The zero-order valence-electron chi connectivity index (χ0n) is 12.7. The van der Waals surface area contributed by atoms with Crippen molar-refractivity contribution in [3.05, 3.63) is 0 Å². The summed E-state index contributed by atoms with van der Waals surface area (Å²) in [4.78, 5) is 0. The molecule has 0 aliphatic heterocycles. The van der Waals surface area contributed by atoms with Crippen molar-refractivity contribution in [3.63, 3.8) is 0 Å². The highest BCUT2D eigenvalue weighted by molar-refractivity contribution is 4.71. The zero-order chi connectivity index (χ0) is 12.7. The van der Waals surface area contributed by atoms with Gasteiger partial charge in [-0.3, -0.25) is 0 Å². The molecule has 1 aliphatic carbocycles. The molecule has 1 rings (SSSR count). The molecular formula is C15H36. The summed E-state index contributed by atoms with van der Waals surface area (Å²) in [6.45, 7) is 16.7. The summed E-state index contributed by atoms with van der Waals surface area (Å²) in [7, 11) is 0. The first kappa shape index (κ1) is 20.4. The molecule has 1 saturated carbocycles. The first-order valence-corrected chi connectivity index (χ1v) is 7.33. The van der Waals surface area contributed by atoms with Crippen LogP contribution in [0, 0.1) is 11.8 Å². The normalized spacial score (nSPS) is 15.2. The molecule has 0 spiro atoms. The minimum atomic E-state index is 0.982. The van der Waals surface area contributed by atoms with Crippen LogP contribution < -0.4 is 0 Å². The molecule has 15 heavy (non-hydrogen) atoms. The second kappa shape index (κ2) is 19.6. The Morgan fingerprint density at radius 2 is 1.33 bits per heavy atom. The molecule has 0 radical (unpaired) electrons. The third-order valence-electron chi connectivity index (χ3n) is 2.66. The Kier molecular flexibility index (Phi) is 26.6. The summed E-state index contributed by atoms with van der Waals surface area (Å²) < 4.78 is 0. The predicted molar refractivity (Wildman–Crippen MR) is 75.5 cm³/mol. The fraction of sp³-hybridized carbons (Fsp3) is 1.00. The summed E-state index contributed by atoms with van der Waals surface area (Å²) in [5.74, 6) is 2.09. The highest BCUT2D eigenvalue weighted by atomic mass is 14.2. The van der Waals surface area contributed by atoms with Crippen LogP contribution in [0.1, 0.15) is 87.5 Å². The lowest BCUT2D eigenvalue weighted by Gasteiger charge is -2.27. The molecule has 0 nitrogen and oxygen atoms in total. The monoisotopic (exact) mass is 216 g/mol. The molecule has 0 aromatic carbocycles. The lowest BCUT2D eigenvalue weighted by molar-refractivity contribution is 0.254. The SMILES string of the molecule is CC.CC.CC.CCC(C)CC1CCC1. The maximum absolute atomic E-state index is 2.37. The van der Waals surface area contributed by atoms with E-state index >= 15 is 0 Å². The molecule has 1 unspecified atom stereocenters. The van der Waals surface area contributed by atoms with Crippen molar-refractivity contribution < 1.29 is 0 Å². The highest BCUT2D eigenvalue weighted by Gasteiger charge is 2.18. The fourth-order valence-corrected chi connectivity index (χ4v) is 1.46. The first-order valence-electron chi connectivity index (χ1n) is 7.33. The minimum absolute atomic E-state index is 0.982. The van der Waals surface area contributed by atoms with Gasteiger partial charge in [-0.05, 0) is 18.3 Å². The minimum Gasteiger partial charge on any atom is -0.0683 e. The average molecular weight is 216 g/mol. The molecule has 0 N–H and O–H groups in total. The number of hydrogen-bond acceptors (Lipinski definition) is 0. The summed E-state index contributed by atoms with van der Waals surface area (Å²) >= 11 is 0. The Bertz CT molecular complexity index is 69.4. The number of rotatable bonds is 3. The smallest absolute Gasteiger partial charge is 0.0412 e. The summed E-state index contributed by atoms with van der Waals surface area (Å²) in [6.07, 6.45) is 7.41. The van der Waals surface area contributed by atoms with Gasteiger partial charge in [0.1, 0.15) is 0 Å². The molecular weight excluding hydrogens is 180 g/mol. The Morgan fingerprint density at radius 1 is 0.933 bits per heavy atom. The molecule has 0 heterocycles. The maximum atomic E-state index is 2.37. The van der Waals surface area contributed by atoms with E-state index in [1.165, 1.54) is 32.1 Å². The van der Waals surface area contributed by atoms with Crippen LogP contribution in [0.3, 0.4) is 0 Å². The van der Waals surface area contributed by atoms with Crippen LogP contribution in [0.15, 0.2) is 0 Å². The van der Waals surface area contributed by atoms with Gasteiger partial charge in [0.2, 0.25) is 0 Å². The molecule has 0 aromatic rings. The summed E-state index contributed by atoms with van der Waals surface area (Å²) in [5.41, 5.74) is 0. The van der Waals surface area contributed by atoms with Gasteiger partial charge in [0.15, 0.2) is 0 Å². The maximum Gasteiger partial charge on any atom is -0.0412 e. The molecule has 0 bridgehead atoms. The van der Waals surface area contributed by atoms with E-state index in [9.17, 15) is 0 Å². The van der Waals surface area contributed by atoms with Gasteiger partial charge in [0, 0.05) is 0 Å². The van der Waals surface area contributed by atoms with Gasteiger partial charge < -0.3 is 0 Å². The van der Waals surface area contributed by atoms with E-state index in [1.54, 1.807) is 0 Å². The van der Waals surface area contributed by atoms with Gasteiger partial charge in [-0.15, -0.1) is 0 Å². The molecule has 0 saturated heterocycles. The van der Waals surface area contributed by atoms with Gasteiger partial charge in [-0.2, -0.15) is 0 Å². The van der Waals surface area contributed by atoms with Gasteiger partial charge in [-0.1, -0.05) is 81.1 Å². The molecule has 1 aliphatic rings. The topological polar surface area (TPSA) is 0 Å². The zero-order valence-corrected chi connectivity index (χ0v) is 12.7. The van der Waals surface area contributed by atoms with Crippen molar-refractivity contribution in [3.8, 4) is 0 Å². The molecule has 0 amide bonds. The van der Waals surface area contributed by atoms with Crippen LogP contribution in [0.2, 0.25) is 0 Å². The Hall–Kier alpha value is 0. The van der Waals surface area contributed by atoms with Crippen LogP contribution in [-0.4, -0.2) is 0 Å². The van der Waals surface area contributed by atoms with Crippen LogP contribution in [-0.2, 0) is 0 Å². The van der Waals surface area contributed by atoms with Crippen molar-refractivity contribution in [2.24, 2.45) is 11.8 Å².